The van der Waals surface area contributed by atoms with Crippen LogP contribution < -0.4 is 15.8 Å². The van der Waals surface area contributed by atoms with Crippen LogP contribution in [0.15, 0.2) is 71.6 Å². The highest BCUT2D eigenvalue weighted by Crippen LogP contribution is 2.30. The number of amides is 2. The first-order valence-electron chi connectivity index (χ1n) is 10.2. The van der Waals surface area contributed by atoms with Gasteiger partial charge in [0.25, 0.3) is 5.91 Å². The lowest BCUT2D eigenvalue weighted by Crippen LogP contribution is -2.23. The number of primary amides is 1. The van der Waals surface area contributed by atoms with Gasteiger partial charge in [0.2, 0.25) is 5.91 Å². The maximum Gasteiger partial charge on any atom is 0.252 e. The summed E-state index contributed by atoms with van der Waals surface area (Å²) in [6, 6.07) is 21.8. The highest BCUT2D eigenvalue weighted by molar-refractivity contribution is 8.00. The Bertz CT molecular complexity index is 1100. The number of thioether (sulfide) groups is 1. The van der Waals surface area contributed by atoms with Crippen LogP contribution in [0.3, 0.4) is 0 Å². The van der Waals surface area contributed by atoms with Gasteiger partial charge in [0.05, 0.1) is 17.9 Å². The number of aryl methyl sites for hydroxylation is 1. The summed E-state index contributed by atoms with van der Waals surface area (Å²) in [5.74, 6) is 0.544. The lowest BCUT2D eigenvalue weighted by atomic mass is 9.98. The molecule has 0 atom stereocenters. The molecule has 0 fully saturated rings. The van der Waals surface area contributed by atoms with Crippen molar-refractivity contribution in [1.82, 2.24) is 5.32 Å². The SMILES string of the molecule is NC(=O)CSc1ccccc1C(=O)NCc1ccc(-c2ccc3c(c2)CCCO3)cc1. The molecule has 31 heavy (non-hydrogen) atoms. The Morgan fingerprint density at radius 3 is 2.58 bits per heavy atom. The molecular weight excluding hydrogens is 408 g/mol. The van der Waals surface area contributed by atoms with Gasteiger partial charge in [0.15, 0.2) is 0 Å². The number of carbonyl (C=O) groups is 2. The summed E-state index contributed by atoms with van der Waals surface area (Å²) in [4.78, 5) is 24.5. The fourth-order valence-corrected chi connectivity index (χ4v) is 4.35. The van der Waals surface area contributed by atoms with E-state index in [2.05, 4.69) is 29.6 Å². The minimum Gasteiger partial charge on any atom is -0.493 e. The van der Waals surface area contributed by atoms with Crippen molar-refractivity contribution in [2.45, 2.75) is 24.3 Å². The fraction of sp³-hybridized carbons (Fsp3) is 0.200. The first kappa shape index (κ1) is 21.0. The van der Waals surface area contributed by atoms with E-state index in [0.29, 0.717) is 12.1 Å². The van der Waals surface area contributed by atoms with E-state index < -0.39 is 5.91 Å². The zero-order valence-electron chi connectivity index (χ0n) is 17.1. The Hall–Kier alpha value is -3.25. The van der Waals surface area contributed by atoms with Crippen LogP contribution in [0.4, 0.5) is 0 Å². The van der Waals surface area contributed by atoms with Gasteiger partial charge in [-0.15, -0.1) is 11.8 Å². The summed E-state index contributed by atoms with van der Waals surface area (Å²) in [6.07, 6.45) is 2.10. The summed E-state index contributed by atoms with van der Waals surface area (Å²) in [5, 5.41) is 2.96. The monoisotopic (exact) mass is 432 g/mol. The quantitative estimate of drug-likeness (QED) is 0.549. The molecule has 0 aromatic heterocycles. The Balaban J connectivity index is 1.40. The molecule has 0 radical (unpaired) electrons. The molecule has 1 aliphatic rings. The second kappa shape index (κ2) is 9.71. The minimum absolute atomic E-state index is 0.139. The van der Waals surface area contributed by atoms with Crippen molar-refractivity contribution in [2.75, 3.05) is 12.4 Å². The third-order valence-electron chi connectivity index (χ3n) is 5.15. The molecule has 5 nitrogen and oxygen atoms in total. The Labute approximate surface area is 186 Å². The van der Waals surface area contributed by atoms with E-state index >= 15 is 0 Å². The fourth-order valence-electron chi connectivity index (χ4n) is 3.56. The topological polar surface area (TPSA) is 81.4 Å². The first-order valence-corrected chi connectivity index (χ1v) is 11.2. The first-order chi connectivity index (χ1) is 15.1. The summed E-state index contributed by atoms with van der Waals surface area (Å²) in [6.45, 7) is 1.22. The van der Waals surface area contributed by atoms with Crippen LogP contribution in [0.1, 0.15) is 27.9 Å². The molecule has 2 amide bonds. The van der Waals surface area contributed by atoms with Crippen LogP contribution in [0, 0.1) is 0 Å². The molecular formula is C25H24N2O3S. The van der Waals surface area contributed by atoms with Crippen molar-refractivity contribution in [3.8, 4) is 16.9 Å². The van der Waals surface area contributed by atoms with E-state index in [1.807, 2.05) is 36.4 Å². The summed E-state index contributed by atoms with van der Waals surface area (Å²) >= 11 is 1.27. The molecule has 0 bridgehead atoms. The summed E-state index contributed by atoms with van der Waals surface area (Å²) < 4.78 is 5.69. The van der Waals surface area contributed by atoms with Gasteiger partial charge in [-0.3, -0.25) is 9.59 Å². The van der Waals surface area contributed by atoms with E-state index in [1.54, 1.807) is 6.07 Å². The van der Waals surface area contributed by atoms with Crippen molar-refractivity contribution >= 4 is 23.6 Å². The molecule has 0 saturated carbocycles. The molecule has 1 heterocycles. The second-order valence-electron chi connectivity index (χ2n) is 7.41. The highest BCUT2D eigenvalue weighted by atomic mass is 32.2. The van der Waals surface area contributed by atoms with Gasteiger partial charge < -0.3 is 15.8 Å². The maximum absolute atomic E-state index is 12.7. The number of rotatable bonds is 7. The van der Waals surface area contributed by atoms with E-state index in [4.69, 9.17) is 10.5 Å². The van der Waals surface area contributed by atoms with Crippen LogP contribution in [0.2, 0.25) is 0 Å². The molecule has 0 aliphatic carbocycles. The lowest BCUT2D eigenvalue weighted by Gasteiger charge is -2.18. The molecule has 0 spiro atoms. The van der Waals surface area contributed by atoms with Crippen LogP contribution in [0.5, 0.6) is 5.75 Å². The largest absolute Gasteiger partial charge is 0.493 e. The molecule has 1 aliphatic heterocycles. The number of benzene rings is 3. The van der Waals surface area contributed by atoms with Crippen LogP contribution in [-0.2, 0) is 17.8 Å². The number of carbonyl (C=O) groups excluding carboxylic acids is 2. The Morgan fingerprint density at radius 1 is 1.00 bits per heavy atom. The van der Waals surface area contributed by atoms with E-state index in [-0.39, 0.29) is 11.7 Å². The molecule has 6 heteroatoms. The Morgan fingerprint density at radius 2 is 1.77 bits per heavy atom. The standard InChI is InChI=1S/C25H24N2O3S/c26-24(28)16-31-23-6-2-1-5-21(23)25(29)27-15-17-7-9-18(10-8-17)19-11-12-22-20(14-19)4-3-13-30-22/h1-2,5-12,14H,3-4,13,15-16H2,(H2,26,28)(H,27,29). The average Bonchev–Trinajstić information content (AvgIpc) is 2.81. The predicted octanol–water partition coefficient (Wildman–Crippen LogP) is 4.19. The molecule has 0 saturated heterocycles. The van der Waals surface area contributed by atoms with Crippen molar-refractivity contribution in [1.29, 1.82) is 0 Å². The van der Waals surface area contributed by atoms with Crippen LogP contribution in [-0.4, -0.2) is 24.2 Å². The molecule has 3 N–H and O–H groups in total. The molecule has 0 unspecified atom stereocenters. The van der Waals surface area contributed by atoms with E-state index in [0.717, 1.165) is 41.2 Å². The number of hydrogen-bond acceptors (Lipinski definition) is 4. The van der Waals surface area contributed by atoms with Crippen LogP contribution >= 0.6 is 11.8 Å². The smallest absolute Gasteiger partial charge is 0.252 e. The molecule has 4 rings (SSSR count). The minimum atomic E-state index is -0.410. The normalized spacial score (nSPS) is 12.5. The van der Waals surface area contributed by atoms with Crippen molar-refractivity contribution in [2.24, 2.45) is 5.73 Å². The van der Waals surface area contributed by atoms with E-state index in [1.165, 1.54) is 22.9 Å². The number of ether oxygens (including phenoxy) is 1. The number of nitrogens with two attached hydrogens (primary N) is 1. The summed E-state index contributed by atoms with van der Waals surface area (Å²) in [7, 11) is 0. The lowest BCUT2D eigenvalue weighted by molar-refractivity contribution is -0.115. The zero-order valence-corrected chi connectivity index (χ0v) is 17.9. The zero-order chi connectivity index (χ0) is 21.6. The van der Waals surface area contributed by atoms with Gasteiger partial charge in [-0.05, 0) is 59.4 Å². The number of nitrogens with one attached hydrogen (secondary N) is 1. The van der Waals surface area contributed by atoms with Gasteiger partial charge in [-0.2, -0.15) is 0 Å². The second-order valence-corrected chi connectivity index (χ2v) is 8.42. The third-order valence-corrected chi connectivity index (χ3v) is 6.25. The van der Waals surface area contributed by atoms with Crippen LogP contribution in [0.25, 0.3) is 11.1 Å². The predicted molar refractivity (Wildman–Crippen MR) is 123 cm³/mol. The molecule has 3 aromatic carbocycles. The number of fused-ring (bicyclic) bond motifs is 1. The number of hydrogen-bond donors (Lipinski definition) is 2. The summed E-state index contributed by atoms with van der Waals surface area (Å²) in [5.41, 5.74) is 10.3. The van der Waals surface area contributed by atoms with Gasteiger partial charge >= 0.3 is 0 Å². The average molecular weight is 433 g/mol. The van der Waals surface area contributed by atoms with Crippen molar-refractivity contribution in [3.63, 3.8) is 0 Å². The molecule has 3 aromatic rings. The van der Waals surface area contributed by atoms with E-state index in [9.17, 15) is 9.59 Å². The van der Waals surface area contributed by atoms with Gasteiger partial charge in [-0.25, -0.2) is 0 Å². The maximum atomic E-state index is 12.7. The van der Waals surface area contributed by atoms with Crippen molar-refractivity contribution in [3.05, 3.63) is 83.4 Å². The third kappa shape index (κ3) is 5.27. The van der Waals surface area contributed by atoms with Crippen molar-refractivity contribution < 1.29 is 14.3 Å². The van der Waals surface area contributed by atoms with Gasteiger partial charge in [0.1, 0.15) is 5.75 Å². The van der Waals surface area contributed by atoms with Gasteiger partial charge in [-0.1, -0.05) is 42.5 Å². The highest BCUT2D eigenvalue weighted by Gasteiger charge is 2.13. The molecule has 158 valence electrons. The Kier molecular flexibility index (Phi) is 6.57. The van der Waals surface area contributed by atoms with Gasteiger partial charge in [0, 0.05) is 11.4 Å².